The van der Waals surface area contributed by atoms with E-state index in [0.29, 0.717) is 13.1 Å². The monoisotopic (exact) mass is 334 g/mol. The van der Waals surface area contributed by atoms with Gasteiger partial charge in [0.2, 0.25) is 0 Å². The molecule has 0 aromatic heterocycles. The molecule has 1 aliphatic heterocycles. The smallest absolute Gasteiger partial charge is 0.317 e. The number of likely N-dealkylation sites (tertiary alicyclic amines) is 1. The molecule has 0 unspecified atom stereocenters. The molecule has 1 aromatic carbocycles. The summed E-state index contributed by atoms with van der Waals surface area (Å²) in [6.07, 6.45) is 1.93. The van der Waals surface area contributed by atoms with Gasteiger partial charge in [0.05, 0.1) is 0 Å². The average Bonchev–Trinajstić information content (AvgIpc) is 2.52. The minimum Gasteiger partial charge on any atom is -0.488 e. The number of benzene rings is 1. The molecule has 1 aromatic rings. The lowest BCUT2D eigenvalue weighted by molar-refractivity contribution is 0.127. The van der Waals surface area contributed by atoms with Crippen LogP contribution < -0.4 is 10.1 Å². The molecule has 1 fully saturated rings. The number of piperidine rings is 1. The minimum atomic E-state index is -0.284. The van der Waals surface area contributed by atoms with Crippen molar-refractivity contribution in [2.45, 2.75) is 52.7 Å². The lowest BCUT2D eigenvalue weighted by atomic mass is 9.99. The van der Waals surface area contributed by atoms with Crippen molar-refractivity contribution < 1.29 is 14.6 Å². The zero-order valence-electron chi connectivity index (χ0n) is 15.3. The molecular weight excluding hydrogens is 304 g/mol. The van der Waals surface area contributed by atoms with Gasteiger partial charge in [-0.15, -0.1) is 0 Å². The second kappa shape index (κ2) is 7.88. The van der Waals surface area contributed by atoms with E-state index in [1.807, 2.05) is 45.9 Å². The number of nitrogens with zero attached hydrogens (tertiary/aromatic N) is 1. The highest BCUT2D eigenvalue weighted by Gasteiger charge is 2.23. The van der Waals surface area contributed by atoms with Gasteiger partial charge in [-0.2, -0.15) is 0 Å². The third-order valence-corrected chi connectivity index (χ3v) is 4.13. The van der Waals surface area contributed by atoms with Gasteiger partial charge in [-0.25, -0.2) is 4.79 Å². The van der Waals surface area contributed by atoms with Crippen molar-refractivity contribution in [3.05, 3.63) is 29.3 Å². The third kappa shape index (κ3) is 5.41. The van der Waals surface area contributed by atoms with E-state index in [9.17, 15) is 9.90 Å². The van der Waals surface area contributed by atoms with Gasteiger partial charge in [-0.3, -0.25) is 0 Å². The van der Waals surface area contributed by atoms with Crippen molar-refractivity contribution in [2.75, 3.05) is 19.7 Å². The van der Waals surface area contributed by atoms with Crippen LogP contribution in [0.15, 0.2) is 18.2 Å². The number of ether oxygens (including phenoxy) is 1. The molecular formula is C19H30N2O3. The van der Waals surface area contributed by atoms with Gasteiger partial charge in [-0.1, -0.05) is 12.1 Å². The zero-order valence-corrected chi connectivity index (χ0v) is 15.3. The summed E-state index contributed by atoms with van der Waals surface area (Å²) < 4.78 is 6.03. The largest absolute Gasteiger partial charge is 0.488 e. The molecule has 24 heavy (non-hydrogen) atoms. The summed E-state index contributed by atoms with van der Waals surface area (Å²) in [5.41, 5.74) is 1.82. The van der Waals surface area contributed by atoms with Gasteiger partial charge in [0.25, 0.3) is 0 Å². The standard InChI is InChI=1S/C19H30N2O3/c1-14-7-8-16(17(10-14)24-19(2,3)4)11-20-18(23)21-9-5-6-15(12-21)13-22/h7-8,10,15,22H,5-6,9,11-13H2,1-4H3,(H,20,23)/t15-/m0/s1. The summed E-state index contributed by atoms with van der Waals surface area (Å²) in [5, 5.41) is 12.3. The Hall–Kier alpha value is -1.75. The Bertz CT molecular complexity index is 566. The summed E-state index contributed by atoms with van der Waals surface area (Å²) in [6.45, 7) is 10.0. The fourth-order valence-electron chi connectivity index (χ4n) is 2.91. The lowest BCUT2D eigenvalue weighted by Crippen LogP contribution is -2.46. The molecule has 5 heteroatoms. The van der Waals surface area contributed by atoms with Crippen LogP contribution in [-0.4, -0.2) is 41.3 Å². The normalized spacial score (nSPS) is 18.4. The number of nitrogens with one attached hydrogen (secondary N) is 1. The third-order valence-electron chi connectivity index (χ3n) is 4.13. The Morgan fingerprint density at radius 1 is 1.42 bits per heavy atom. The molecule has 1 aliphatic rings. The number of hydrogen-bond acceptors (Lipinski definition) is 3. The molecule has 0 saturated carbocycles. The topological polar surface area (TPSA) is 61.8 Å². The van der Waals surface area contributed by atoms with Gasteiger partial charge in [0.1, 0.15) is 11.4 Å². The average molecular weight is 334 g/mol. The fraction of sp³-hybridized carbons (Fsp3) is 0.632. The Labute approximate surface area is 145 Å². The predicted octanol–water partition coefficient (Wildman–Crippen LogP) is 3.09. The van der Waals surface area contributed by atoms with Crippen LogP contribution in [0.2, 0.25) is 0 Å². The van der Waals surface area contributed by atoms with E-state index in [-0.39, 0.29) is 24.2 Å². The molecule has 2 amide bonds. The summed E-state index contributed by atoms with van der Waals surface area (Å²) in [5.74, 6) is 1.01. The molecule has 0 bridgehead atoms. The lowest BCUT2D eigenvalue weighted by Gasteiger charge is -2.32. The van der Waals surface area contributed by atoms with E-state index >= 15 is 0 Å². The minimum absolute atomic E-state index is 0.0737. The highest BCUT2D eigenvalue weighted by atomic mass is 16.5. The highest BCUT2D eigenvalue weighted by molar-refractivity contribution is 5.74. The second-order valence-electron chi connectivity index (χ2n) is 7.62. The van der Waals surface area contributed by atoms with Crippen molar-refractivity contribution in [3.63, 3.8) is 0 Å². The molecule has 0 radical (unpaired) electrons. The Kier molecular flexibility index (Phi) is 6.10. The van der Waals surface area contributed by atoms with Gasteiger partial charge in [-0.05, 0) is 58.1 Å². The van der Waals surface area contributed by atoms with Crippen LogP contribution in [-0.2, 0) is 6.54 Å². The molecule has 5 nitrogen and oxygen atoms in total. The van der Waals surface area contributed by atoms with Crippen LogP contribution in [0.4, 0.5) is 4.79 Å². The number of aliphatic hydroxyl groups is 1. The molecule has 1 atom stereocenters. The van der Waals surface area contributed by atoms with Gasteiger partial charge in [0.15, 0.2) is 0 Å². The van der Waals surface area contributed by atoms with Gasteiger partial charge < -0.3 is 20.1 Å². The molecule has 2 rings (SSSR count). The number of aliphatic hydroxyl groups excluding tert-OH is 1. The van der Waals surface area contributed by atoms with Crippen molar-refractivity contribution in [1.82, 2.24) is 10.2 Å². The fourth-order valence-corrected chi connectivity index (χ4v) is 2.91. The van der Waals surface area contributed by atoms with Crippen molar-refractivity contribution in [2.24, 2.45) is 5.92 Å². The van der Waals surface area contributed by atoms with E-state index in [2.05, 4.69) is 5.32 Å². The van der Waals surface area contributed by atoms with Crippen molar-refractivity contribution in [3.8, 4) is 5.75 Å². The maximum Gasteiger partial charge on any atom is 0.317 e. The molecule has 2 N–H and O–H groups in total. The summed E-state index contributed by atoms with van der Waals surface area (Å²) >= 11 is 0. The van der Waals surface area contributed by atoms with Crippen molar-refractivity contribution >= 4 is 6.03 Å². The van der Waals surface area contributed by atoms with Gasteiger partial charge in [0, 0.05) is 31.8 Å². The number of hydrogen-bond donors (Lipinski definition) is 2. The SMILES string of the molecule is Cc1ccc(CNC(=O)N2CCC[C@H](CO)C2)c(OC(C)(C)C)c1. The summed E-state index contributed by atoms with van der Waals surface area (Å²) in [6, 6.07) is 5.97. The number of urea groups is 1. The first-order valence-corrected chi connectivity index (χ1v) is 8.70. The first kappa shape index (κ1) is 18.6. The number of carbonyl (C=O) groups is 1. The quantitative estimate of drug-likeness (QED) is 0.889. The molecule has 1 saturated heterocycles. The van der Waals surface area contributed by atoms with Crippen LogP contribution in [0.1, 0.15) is 44.7 Å². The second-order valence-corrected chi connectivity index (χ2v) is 7.62. The molecule has 134 valence electrons. The maximum absolute atomic E-state index is 12.4. The number of carbonyl (C=O) groups excluding carboxylic acids is 1. The molecule has 0 spiro atoms. The Balaban J connectivity index is 1.99. The highest BCUT2D eigenvalue weighted by Crippen LogP contribution is 2.25. The zero-order chi connectivity index (χ0) is 17.7. The van der Waals surface area contributed by atoms with Crippen LogP contribution in [0, 0.1) is 12.8 Å². The van der Waals surface area contributed by atoms with E-state index in [1.54, 1.807) is 4.90 Å². The van der Waals surface area contributed by atoms with E-state index < -0.39 is 0 Å². The van der Waals surface area contributed by atoms with Crippen LogP contribution in [0.5, 0.6) is 5.75 Å². The first-order chi connectivity index (χ1) is 11.3. The van der Waals surface area contributed by atoms with Gasteiger partial charge >= 0.3 is 6.03 Å². The summed E-state index contributed by atoms with van der Waals surface area (Å²) in [4.78, 5) is 14.2. The number of aryl methyl sites for hydroxylation is 1. The molecule has 0 aliphatic carbocycles. The van der Waals surface area contributed by atoms with E-state index in [4.69, 9.17) is 4.74 Å². The van der Waals surface area contributed by atoms with Crippen LogP contribution in [0.25, 0.3) is 0 Å². The first-order valence-electron chi connectivity index (χ1n) is 8.70. The van der Waals surface area contributed by atoms with Crippen LogP contribution in [0.3, 0.4) is 0 Å². The van der Waals surface area contributed by atoms with E-state index in [1.165, 1.54) is 0 Å². The Morgan fingerprint density at radius 3 is 2.83 bits per heavy atom. The molecule has 1 heterocycles. The van der Waals surface area contributed by atoms with E-state index in [0.717, 1.165) is 36.3 Å². The van der Waals surface area contributed by atoms with Crippen LogP contribution >= 0.6 is 0 Å². The maximum atomic E-state index is 12.4. The number of amides is 2. The summed E-state index contributed by atoms with van der Waals surface area (Å²) in [7, 11) is 0. The number of rotatable bonds is 4. The Morgan fingerprint density at radius 2 is 2.17 bits per heavy atom. The van der Waals surface area contributed by atoms with Crippen molar-refractivity contribution in [1.29, 1.82) is 0 Å². The predicted molar refractivity (Wildman–Crippen MR) is 95.2 cm³/mol.